The molecular weight excluding hydrogens is 227 g/mol. The Kier molecular flexibility index (Phi) is 6.15. The van der Waals surface area contributed by atoms with Gasteiger partial charge in [0, 0.05) is 0 Å². The Morgan fingerprint density at radius 3 is 2.54 bits per heavy atom. The molecule has 0 aliphatic carbocycles. The highest BCUT2D eigenvalue weighted by molar-refractivity contribution is 8.00. The smallest absolute Gasteiger partial charge is 0.294 e. The van der Waals surface area contributed by atoms with E-state index >= 15 is 0 Å². The third-order valence-corrected chi connectivity index (χ3v) is 1.72. The molecule has 0 aromatic carbocycles. The molecule has 0 radical (unpaired) electrons. The van der Waals surface area contributed by atoms with Crippen LogP contribution in [0.15, 0.2) is 0 Å². The molecule has 0 saturated heterocycles. The van der Waals surface area contributed by atoms with Crippen molar-refractivity contribution in [2.24, 2.45) is 0 Å². The lowest BCUT2D eigenvalue weighted by Crippen LogP contribution is -2.15. The molecule has 3 nitrogen and oxygen atoms in total. The van der Waals surface area contributed by atoms with Crippen molar-refractivity contribution in [2.75, 3.05) is 12.3 Å². The van der Waals surface area contributed by atoms with Gasteiger partial charge >= 0.3 is 5.51 Å². The lowest BCUT2D eigenvalue weighted by atomic mass is 10.6. The molecular formula is C5H6F3NO2S2. The maximum atomic E-state index is 11.5. The minimum Gasteiger partial charge on any atom is -0.294 e. The number of rotatable bonds is 3. The molecule has 0 aliphatic rings. The molecule has 0 saturated carbocycles. The molecule has 76 valence electrons. The summed E-state index contributed by atoms with van der Waals surface area (Å²) in [5.74, 6) is 4.06. The number of thioether (sulfide) groups is 1. The van der Waals surface area contributed by atoms with Crippen LogP contribution >= 0.6 is 11.8 Å². The van der Waals surface area contributed by atoms with Crippen LogP contribution in [0.5, 0.6) is 0 Å². The molecule has 1 atom stereocenters. The van der Waals surface area contributed by atoms with E-state index < -0.39 is 16.8 Å². The van der Waals surface area contributed by atoms with Crippen molar-refractivity contribution in [3.05, 3.63) is 0 Å². The van der Waals surface area contributed by atoms with Crippen LogP contribution < -0.4 is 4.72 Å². The first-order chi connectivity index (χ1) is 5.92. The van der Waals surface area contributed by atoms with Gasteiger partial charge in [-0.2, -0.15) is 13.2 Å². The van der Waals surface area contributed by atoms with E-state index in [1.54, 1.807) is 0 Å². The van der Waals surface area contributed by atoms with E-state index in [9.17, 15) is 17.4 Å². The van der Waals surface area contributed by atoms with Gasteiger partial charge in [0.05, 0.1) is 12.3 Å². The van der Waals surface area contributed by atoms with E-state index in [1.807, 2.05) is 4.72 Å². The molecule has 0 rings (SSSR count). The minimum absolute atomic E-state index is 0.110. The highest BCUT2D eigenvalue weighted by Gasteiger charge is 2.26. The summed E-state index contributed by atoms with van der Waals surface area (Å²) in [5, 5.41) is 0. The van der Waals surface area contributed by atoms with Gasteiger partial charge in [0.2, 0.25) is 11.3 Å². The van der Waals surface area contributed by atoms with Gasteiger partial charge in [-0.25, -0.2) is 8.93 Å². The van der Waals surface area contributed by atoms with Crippen LogP contribution in [0.25, 0.3) is 0 Å². The van der Waals surface area contributed by atoms with Gasteiger partial charge in [-0.15, -0.1) is 0 Å². The summed E-state index contributed by atoms with van der Waals surface area (Å²) in [4.78, 5) is 0. The molecule has 13 heavy (non-hydrogen) atoms. The highest BCUT2D eigenvalue weighted by atomic mass is 32.2. The number of nitrogens with one attached hydrogen (secondary N) is 1. The van der Waals surface area contributed by atoms with Crippen molar-refractivity contribution < 1.29 is 21.9 Å². The molecule has 0 heterocycles. The van der Waals surface area contributed by atoms with Gasteiger partial charge in [0.1, 0.15) is 0 Å². The topological polar surface area (TPSA) is 49.3 Å². The molecule has 0 amide bonds. The fourth-order valence-corrected chi connectivity index (χ4v) is 0.863. The van der Waals surface area contributed by atoms with Crippen LogP contribution in [0, 0.1) is 11.8 Å². The van der Waals surface area contributed by atoms with E-state index in [0.717, 1.165) is 0 Å². The Morgan fingerprint density at radius 2 is 2.08 bits per heavy atom. The van der Waals surface area contributed by atoms with Gasteiger partial charge in [-0.3, -0.25) is 4.55 Å². The summed E-state index contributed by atoms with van der Waals surface area (Å²) >= 11 is -2.42. The van der Waals surface area contributed by atoms with Crippen molar-refractivity contribution >= 4 is 23.0 Å². The summed E-state index contributed by atoms with van der Waals surface area (Å²) < 4.78 is 54.5. The zero-order valence-electron chi connectivity index (χ0n) is 6.22. The third kappa shape index (κ3) is 11.8. The molecule has 2 N–H and O–H groups in total. The van der Waals surface area contributed by atoms with E-state index in [0.29, 0.717) is 0 Å². The maximum absolute atomic E-state index is 11.5. The Balaban J connectivity index is 3.46. The van der Waals surface area contributed by atoms with Crippen LogP contribution in [0.4, 0.5) is 13.2 Å². The van der Waals surface area contributed by atoms with Crippen molar-refractivity contribution in [3.63, 3.8) is 0 Å². The zero-order chi connectivity index (χ0) is 10.3. The Bertz CT molecular complexity index is 232. The summed E-state index contributed by atoms with van der Waals surface area (Å²) in [6.07, 6.45) is 0. The van der Waals surface area contributed by atoms with Gasteiger partial charge in [-0.05, 0) is 11.8 Å². The molecule has 0 spiro atoms. The average molecular weight is 233 g/mol. The van der Waals surface area contributed by atoms with E-state index in [4.69, 9.17) is 4.55 Å². The van der Waals surface area contributed by atoms with Crippen molar-refractivity contribution in [1.29, 1.82) is 0 Å². The lowest BCUT2D eigenvalue weighted by molar-refractivity contribution is -0.0325. The van der Waals surface area contributed by atoms with Gasteiger partial charge in [0.15, 0.2) is 0 Å². The second-order valence-corrected chi connectivity index (χ2v) is 3.49. The Morgan fingerprint density at radius 1 is 1.46 bits per heavy atom. The van der Waals surface area contributed by atoms with Crippen LogP contribution in [-0.2, 0) is 11.3 Å². The molecule has 0 fully saturated rings. The zero-order valence-corrected chi connectivity index (χ0v) is 7.85. The summed E-state index contributed by atoms with van der Waals surface area (Å²) in [5.41, 5.74) is -4.28. The molecule has 0 aliphatic heterocycles. The number of halogens is 3. The van der Waals surface area contributed by atoms with Crippen molar-refractivity contribution in [2.45, 2.75) is 5.51 Å². The third-order valence-electron chi connectivity index (χ3n) is 0.717. The lowest BCUT2D eigenvalue weighted by Gasteiger charge is -1.99. The number of hydrogen-bond donors (Lipinski definition) is 2. The highest BCUT2D eigenvalue weighted by Crippen LogP contribution is 2.29. The first kappa shape index (κ1) is 12.8. The first-order valence-corrected chi connectivity index (χ1v) is 5.02. The van der Waals surface area contributed by atoms with Crippen LogP contribution in [-0.4, -0.2) is 26.6 Å². The van der Waals surface area contributed by atoms with Crippen molar-refractivity contribution in [1.82, 2.24) is 4.72 Å². The summed E-state index contributed by atoms with van der Waals surface area (Å²) in [7, 11) is 0. The van der Waals surface area contributed by atoms with Crippen LogP contribution in [0.1, 0.15) is 0 Å². The van der Waals surface area contributed by atoms with Crippen LogP contribution in [0.3, 0.4) is 0 Å². The van der Waals surface area contributed by atoms with E-state index in [1.165, 1.54) is 0 Å². The molecule has 8 heteroatoms. The fraction of sp³-hybridized carbons (Fsp3) is 0.600. The number of hydrogen-bond acceptors (Lipinski definition) is 2. The van der Waals surface area contributed by atoms with Crippen molar-refractivity contribution in [3.8, 4) is 11.8 Å². The first-order valence-electron chi connectivity index (χ1n) is 2.92. The van der Waals surface area contributed by atoms with Gasteiger partial charge in [0.25, 0.3) is 0 Å². The van der Waals surface area contributed by atoms with Gasteiger partial charge in [-0.1, -0.05) is 11.8 Å². The maximum Gasteiger partial charge on any atom is 0.442 e. The molecule has 0 aromatic heterocycles. The normalized spacial score (nSPS) is 13.2. The minimum atomic E-state index is -4.28. The molecule has 0 aromatic rings. The molecule has 1 unspecified atom stereocenters. The fourth-order valence-electron chi connectivity index (χ4n) is 0.329. The Labute approximate surface area is 79.9 Å². The second-order valence-electron chi connectivity index (χ2n) is 1.66. The van der Waals surface area contributed by atoms with Crippen LogP contribution in [0.2, 0.25) is 0 Å². The predicted molar refractivity (Wildman–Crippen MR) is 45.1 cm³/mol. The van der Waals surface area contributed by atoms with Gasteiger partial charge < -0.3 is 0 Å². The number of alkyl halides is 3. The second kappa shape index (κ2) is 6.26. The largest absolute Gasteiger partial charge is 0.442 e. The summed E-state index contributed by atoms with van der Waals surface area (Å²) in [6.45, 7) is -0.110. The van der Waals surface area contributed by atoms with E-state index in [-0.39, 0.29) is 24.1 Å². The molecule has 0 bridgehead atoms. The quantitative estimate of drug-likeness (QED) is 0.564. The van der Waals surface area contributed by atoms with E-state index in [2.05, 4.69) is 11.8 Å². The standard InChI is InChI=1S/C5H6F3NO2S2/c6-5(7,8)12-4-2-1-3-9-13(10)11/h9H,3-4H2,(H,10,11). The average Bonchev–Trinajstić information content (AvgIpc) is 1.93. The Hall–Kier alpha value is -0.230. The monoisotopic (exact) mass is 233 g/mol. The SMILES string of the molecule is O=S(O)NCC#CCSC(F)(F)F. The predicted octanol–water partition coefficient (Wildman–Crippen LogP) is 0.969. The summed E-state index contributed by atoms with van der Waals surface area (Å²) in [6, 6.07) is 0.